The summed E-state index contributed by atoms with van der Waals surface area (Å²) < 4.78 is 1.96. The van der Waals surface area contributed by atoms with E-state index in [9.17, 15) is 4.79 Å². The molecule has 0 unspecified atom stereocenters. The van der Waals surface area contributed by atoms with Gasteiger partial charge in [-0.2, -0.15) is 11.8 Å². The zero-order chi connectivity index (χ0) is 16.1. The van der Waals surface area contributed by atoms with Crippen LogP contribution in [0.4, 0.5) is 5.69 Å². The molecule has 3 rings (SSSR count). The van der Waals surface area contributed by atoms with E-state index in [1.807, 2.05) is 59.4 Å². The molecular weight excluding hydrogens is 306 g/mol. The lowest BCUT2D eigenvalue weighted by Crippen LogP contribution is -2.26. The number of para-hydroxylation sites is 1. The number of pyridine rings is 1. The summed E-state index contributed by atoms with van der Waals surface area (Å²) in [6, 6.07) is 13.4. The topological polar surface area (TPSA) is 46.9 Å². The molecule has 0 aliphatic rings. The number of anilines is 1. The average molecular weight is 325 g/mol. The number of rotatable bonds is 6. The van der Waals surface area contributed by atoms with Gasteiger partial charge >= 0.3 is 0 Å². The first-order chi connectivity index (χ1) is 11.3. The average Bonchev–Trinajstić information content (AvgIpc) is 3.10. The molecule has 0 radical (unpaired) electrons. The summed E-state index contributed by atoms with van der Waals surface area (Å²) in [5.41, 5.74) is 1.58. The van der Waals surface area contributed by atoms with Gasteiger partial charge in [0, 0.05) is 24.0 Å². The Hall–Kier alpha value is -2.27. The van der Waals surface area contributed by atoms with Gasteiger partial charge in [0.25, 0.3) is 0 Å². The lowest BCUT2D eigenvalue weighted by atomic mass is 10.1. The van der Waals surface area contributed by atoms with Crippen molar-refractivity contribution in [3.05, 3.63) is 61.1 Å². The van der Waals surface area contributed by atoms with Crippen LogP contribution in [0.25, 0.3) is 10.9 Å². The van der Waals surface area contributed by atoms with Gasteiger partial charge in [0.15, 0.2) is 0 Å². The lowest BCUT2D eigenvalue weighted by Gasteiger charge is -2.18. The first-order valence-electron chi connectivity index (χ1n) is 7.55. The quantitative estimate of drug-likeness (QED) is 0.746. The standard InChI is InChI=1S/C18H19N3OS/c1-23-13-9-16(21-11-2-3-12-21)18(22)20-15-8-4-6-14-7-5-10-19-17(14)15/h2-8,10-12,16H,9,13H2,1H3,(H,20,22)/t16-/m0/s1. The molecule has 2 aromatic heterocycles. The normalized spacial score (nSPS) is 12.2. The molecule has 3 aromatic rings. The third kappa shape index (κ3) is 3.56. The monoisotopic (exact) mass is 325 g/mol. The largest absolute Gasteiger partial charge is 0.342 e. The van der Waals surface area contributed by atoms with Gasteiger partial charge in [-0.05, 0) is 42.7 Å². The number of aromatic nitrogens is 2. The first kappa shape index (κ1) is 15.6. The lowest BCUT2D eigenvalue weighted by molar-refractivity contribution is -0.119. The number of nitrogens with zero attached hydrogens (tertiary/aromatic N) is 2. The molecule has 1 aromatic carbocycles. The molecule has 0 aliphatic carbocycles. The minimum Gasteiger partial charge on any atom is -0.342 e. The second-order valence-corrected chi connectivity index (χ2v) is 6.28. The molecule has 1 N–H and O–H groups in total. The molecule has 0 spiro atoms. The highest BCUT2D eigenvalue weighted by Gasteiger charge is 2.20. The maximum atomic E-state index is 12.8. The predicted octanol–water partition coefficient (Wildman–Crippen LogP) is 3.97. The van der Waals surface area contributed by atoms with Crippen LogP contribution in [0, 0.1) is 0 Å². The van der Waals surface area contributed by atoms with Gasteiger partial charge in [0.2, 0.25) is 5.91 Å². The van der Waals surface area contributed by atoms with Gasteiger partial charge in [-0.1, -0.05) is 18.2 Å². The number of carbonyl (C=O) groups is 1. The van der Waals surface area contributed by atoms with Gasteiger partial charge in [0.1, 0.15) is 6.04 Å². The molecule has 0 bridgehead atoms. The van der Waals surface area contributed by atoms with Crippen molar-refractivity contribution in [2.45, 2.75) is 12.5 Å². The Bertz CT molecular complexity index is 781. The summed E-state index contributed by atoms with van der Waals surface area (Å²) in [7, 11) is 0. The van der Waals surface area contributed by atoms with E-state index in [0.717, 1.165) is 28.8 Å². The fourth-order valence-electron chi connectivity index (χ4n) is 2.62. The van der Waals surface area contributed by atoms with E-state index in [0.29, 0.717) is 0 Å². The maximum absolute atomic E-state index is 12.8. The molecule has 0 fully saturated rings. The third-order valence-electron chi connectivity index (χ3n) is 3.78. The molecule has 5 heteroatoms. The Morgan fingerprint density at radius 1 is 1.22 bits per heavy atom. The van der Waals surface area contributed by atoms with Crippen molar-refractivity contribution < 1.29 is 4.79 Å². The molecular formula is C18H19N3OS. The molecule has 0 saturated carbocycles. The summed E-state index contributed by atoms with van der Waals surface area (Å²) in [5, 5.41) is 4.07. The van der Waals surface area contributed by atoms with Crippen molar-refractivity contribution in [3.63, 3.8) is 0 Å². The maximum Gasteiger partial charge on any atom is 0.247 e. The fraction of sp³-hybridized carbons (Fsp3) is 0.222. The van der Waals surface area contributed by atoms with Crippen molar-refractivity contribution in [3.8, 4) is 0 Å². The second kappa shape index (κ2) is 7.33. The van der Waals surface area contributed by atoms with E-state index < -0.39 is 0 Å². The molecule has 2 heterocycles. The van der Waals surface area contributed by atoms with Crippen LogP contribution in [0.2, 0.25) is 0 Å². The molecule has 0 saturated heterocycles. The first-order valence-corrected chi connectivity index (χ1v) is 8.95. The molecule has 1 atom stereocenters. The van der Waals surface area contributed by atoms with E-state index in [-0.39, 0.29) is 11.9 Å². The molecule has 23 heavy (non-hydrogen) atoms. The van der Waals surface area contributed by atoms with Gasteiger partial charge in [-0.15, -0.1) is 0 Å². The van der Waals surface area contributed by atoms with E-state index in [2.05, 4.69) is 16.6 Å². The molecule has 0 aliphatic heterocycles. The summed E-state index contributed by atoms with van der Waals surface area (Å²) in [4.78, 5) is 17.2. The van der Waals surface area contributed by atoms with Crippen LogP contribution < -0.4 is 5.32 Å². The SMILES string of the molecule is CSCC[C@@H](C(=O)Nc1cccc2cccnc12)n1cccc1. The third-order valence-corrected chi connectivity index (χ3v) is 4.42. The van der Waals surface area contributed by atoms with Crippen molar-refractivity contribution in [1.82, 2.24) is 9.55 Å². The second-order valence-electron chi connectivity index (χ2n) is 5.30. The van der Waals surface area contributed by atoms with Crippen LogP contribution in [0.1, 0.15) is 12.5 Å². The molecule has 118 valence electrons. The van der Waals surface area contributed by atoms with Crippen LogP contribution in [-0.4, -0.2) is 27.5 Å². The van der Waals surface area contributed by atoms with Gasteiger partial charge in [-0.3, -0.25) is 9.78 Å². The smallest absolute Gasteiger partial charge is 0.247 e. The Kier molecular flexibility index (Phi) is 4.98. The van der Waals surface area contributed by atoms with Gasteiger partial charge < -0.3 is 9.88 Å². The van der Waals surface area contributed by atoms with Gasteiger partial charge in [-0.25, -0.2) is 0 Å². The summed E-state index contributed by atoms with van der Waals surface area (Å²) in [6.45, 7) is 0. The highest BCUT2D eigenvalue weighted by molar-refractivity contribution is 7.98. The Morgan fingerprint density at radius 2 is 2.00 bits per heavy atom. The van der Waals surface area contributed by atoms with Crippen molar-refractivity contribution >= 4 is 34.3 Å². The summed E-state index contributed by atoms with van der Waals surface area (Å²) in [5.74, 6) is 0.928. The van der Waals surface area contributed by atoms with Gasteiger partial charge in [0.05, 0.1) is 11.2 Å². The Balaban J connectivity index is 1.86. The van der Waals surface area contributed by atoms with Crippen molar-refractivity contribution in [2.75, 3.05) is 17.3 Å². The minimum absolute atomic E-state index is 0.00611. The van der Waals surface area contributed by atoms with Crippen molar-refractivity contribution in [1.29, 1.82) is 0 Å². The highest BCUT2D eigenvalue weighted by atomic mass is 32.2. The number of amides is 1. The van der Waals surface area contributed by atoms with Crippen LogP contribution in [0.15, 0.2) is 61.1 Å². The van der Waals surface area contributed by atoms with E-state index in [4.69, 9.17) is 0 Å². The number of benzene rings is 1. The summed E-state index contributed by atoms with van der Waals surface area (Å²) >= 11 is 1.75. The van der Waals surface area contributed by atoms with E-state index in [1.54, 1.807) is 18.0 Å². The number of hydrogen-bond acceptors (Lipinski definition) is 3. The van der Waals surface area contributed by atoms with Crippen molar-refractivity contribution in [2.24, 2.45) is 0 Å². The number of thioether (sulfide) groups is 1. The molecule has 1 amide bonds. The minimum atomic E-state index is -0.212. The predicted molar refractivity (Wildman–Crippen MR) is 96.8 cm³/mol. The molecule has 4 nitrogen and oxygen atoms in total. The number of hydrogen-bond donors (Lipinski definition) is 1. The van der Waals surface area contributed by atoms with Crippen LogP contribution in [0.3, 0.4) is 0 Å². The van der Waals surface area contributed by atoms with E-state index in [1.165, 1.54) is 0 Å². The fourth-order valence-corrected chi connectivity index (χ4v) is 3.08. The van der Waals surface area contributed by atoms with E-state index >= 15 is 0 Å². The number of nitrogens with one attached hydrogen (secondary N) is 1. The van der Waals surface area contributed by atoms with Crippen LogP contribution in [0.5, 0.6) is 0 Å². The summed E-state index contributed by atoms with van der Waals surface area (Å²) in [6.07, 6.45) is 8.46. The number of fused-ring (bicyclic) bond motifs is 1. The zero-order valence-electron chi connectivity index (χ0n) is 13.0. The van der Waals surface area contributed by atoms with Crippen LogP contribution >= 0.6 is 11.8 Å². The zero-order valence-corrected chi connectivity index (χ0v) is 13.8. The van der Waals surface area contributed by atoms with Crippen LogP contribution in [-0.2, 0) is 4.79 Å². The Morgan fingerprint density at radius 3 is 2.78 bits per heavy atom. The highest BCUT2D eigenvalue weighted by Crippen LogP contribution is 2.23. The number of carbonyl (C=O) groups excluding carboxylic acids is 1. The Labute approximate surface area is 139 Å².